The molecule has 4 amide bonds. The van der Waals surface area contributed by atoms with E-state index < -0.39 is 29.6 Å². The number of carbonyl (C=O) groups excluding carboxylic acids is 3. The third-order valence-corrected chi connectivity index (χ3v) is 6.77. The van der Waals surface area contributed by atoms with Crippen LogP contribution in [-0.4, -0.2) is 17.8 Å². The molecule has 40 heavy (non-hydrogen) atoms. The second-order valence-electron chi connectivity index (χ2n) is 9.45. The van der Waals surface area contributed by atoms with Gasteiger partial charge in [-0.2, -0.15) is 13.2 Å². The fourth-order valence-electron chi connectivity index (χ4n) is 4.82. The van der Waals surface area contributed by atoms with Gasteiger partial charge in [-0.3, -0.25) is 14.9 Å². The average Bonchev–Trinajstić information content (AvgIpc) is 3.20. The summed E-state index contributed by atoms with van der Waals surface area (Å²) < 4.78 is 44.8. The summed E-state index contributed by atoms with van der Waals surface area (Å²) in [4.78, 5) is 39.6. The van der Waals surface area contributed by atoms with Crippen LogP contribution in [0.5, 0.6) is 11.5 Å². The molecule has 0 aromatic heterocycles. The molecule has 1 atom stereocenters. The molecule has 1 aliphatic heterocycles. The van der Waals surface area contributed by atoms with Gasteiger partial charge in [-0.1, -0.05) is 47.6 Å². The van der Waals surface area contributed by atoms with E-state index >= 15 is 0 Å². The van der Waals surface area contributed by atoms with E-state index in [9.17, 15) is 27.6 Å². The summed E-state index contributed by atoms with van der Waals surface area (Å²) >= 11 is 0. The molecule has 0 saturated carbocycles. The second kappa shape index (κ2) is 10.3. The lowest BCUT2D eigenvalue weighted by atomic mass is 9.88. The average molecular weight is 545 g/mol. The number of rotatable bonds is 5. The molecule has 1 N–H and O–H groups in total. The zero-order chi connectivity index (χ0) is 28.6. The lowest BCUT2D eigenvalue weighted by Crippen LogP contribution is -2.54. The van der Waals surface area contributed by atoms with Crippen LogP contribution in [0.1, 0.15) is 30.9 Å². The van der Waals surface area contributed by atoms with Crippen LogP contribution in [-0.2, 0) is 15.8 Å². The predicted octanol–water partition coefficient (Wildman–Crippen LogP) is 7.07. The van der Waals surface area contributed by atoms with E-state index in [2.05, 4.69) is 5.32 Å². The lowest BCUT2D eigenvalue weighted by molar-refractivity contribution is -0.137. The first-order valence-corrected chi connectivity index (χ1v) is 12.3. The first kappa shape index (κ1) is 26.7. The highest BCUT2D eigenvalue weighted by Gasteiger charge is 2.37. The van der Waals surface area contributed by atoms with Crippen LogP contribution in [0.15, 0.2) is 113 Å². The molecule has 0 spiro atoms. The summed E-state index contributed by atoms with van der Waals surface area (Å²) in [5, 5.41) is 2.20. The van der Waals surface area contributed by atoms with Crippen LogP contribution in [0.2, 0.25) is 0 Å². The zero-order valence-electron chi connectivity index (χ0n) is 21.5. The number of benzene rings is 3. The van der Waals surface area contributed by atoms with Crippen molar-refractivity contribution in [3.05, 3.63) is 124 Å². The maximum Gasteiger partial charge on any atom is 0.416 e. The number of urea groups is 1. The first-order valence-electron chi connectivity index (χ1n) is 12.3. The third kappa shape index (κ3) is 5.18. The molecule has 1 aliphatic carbocycles. The maximum atomic E-state index is 13.4. The Hall–Kier alpha value is -4.92. The molecule has 2 aliphatic rings. The van der Waals surface area contributed by atoms with Crippen molar-refractivity contribution in [2.24, 2.45) is 0 Å². The highest BCUT2D eigenvalue weighted by atomic mass is 19.4. The minimum atomic E-state index is -4.44. The first-order chi connectivity index (χ1) is 19.0. The predicted molar refractivity (Wildman–Crippen MR) is 143 cm³/mol. The highest BCUT2D eigenvalue weighted by Crippen LogP contribution is 2.41. The molecular weight excluding hydrogens is 521 g/mol. The number of nitrogens with one attached hydrogen (secondary N) is 1. The SMILES string of the molecule is CC1=CC(/C=C2\C(=O)NC(=O)N(c3ccc(Oc4ccccc4)cc3)C2=O)=C(C)C1c1ccc(C(F)(F)F)cc1. The van der Waals surface area contributed by atoms with Gasteiger partial charge in [0, 0.05) is 5.92 Å². The van der Waals surface area contributed by atoms with Gasteiger partial charge in [0.25, 0.3) is 11.8 Å². The molecule has 1 fully saturated rings. The smallest absolute Gasteiger partial charge is 0.416 e. The van der Waals surface area contributed by atoms with Gasteiger partial charge >= 0.3 is 12.2 Å². The summed E-state index contributed by atoms with van der Waals surface area (Å²) in [6.07, 6.45) is -1.25. The number of ether oxygens (including phenoxy) is 1. The van der Waals surface area contributed by atoms with Gasteiger partial charge in [0.2, 0.25) is 0 Å². The Kier molecular flexibility index (Phi) is 6.89. The van der Waals surface area contributed by atoms with Gasteiger partial charge in [0.05, 0.1) is 11.3 Å². The van der Waals surface area contributed by atoms with Crippen molar-refractivity contribution in [2.75, 3.05) is 4.90 Å². The number of halogens is 3. The van der Waals surface area contributed by atoms with E-state index in [1.165, 1.54) is 30.3 Å². The van der Waals surface area contributed by atoms with Crippen molar-refractivity contribution in [1.29, 1.82) is 0 Å². The Bertz CT molecular complexity index is 1590. The number of nitrogens with zero attached hydrogens (tertiary/aromatic N) is 1. The minimum absolute atomic E-state index is 0.240. The second-order valence-corrected chi connectivity index (χ2v) is 9.45. The Labute approximate surface area is 228 Å². The molecule has 9 heteroatoms. The number of barbiturate groups is 1. The van der Waals surface area contributed by atoms with E-state index in [1.807, 2.05) is 25.1 Å². The van der Waals surface area contributed by atoms with Crippen LogP contribution in [0.4, 0.5) is 23.7 Å². The molecule has 1 saturated heterocycles. The van der Waals surface area contributed by atoms with E-state index in [0.29, 0.717) is 22.6 Å². The molecule has 3 aromatic carbocycles. The van der Waals surface area contributed by atoms with Gasteiger partial charge in [0.1, 0.15) is 17.1 Å². The molecule has 6 nitrogen and oxygen atoms in total. The summed E-state index contributed by atoms with van der Waals surface area (Å²) in [6, 6.07) is 19.4. The number of anilines is 1. The lowest BCUT2D eigenvalue weighted by Gasteiger charge is -2.26. The number of amides is 4. The van der Waals surface area contributed by atoms with Crippen LogP contribution in [0.25, 0.3) is 0 Å². The van der Waals surface area contributed by atoms with E-state index in [0.717, 1.165) is 28.2 Å². The van der Waals surface area contributed by atoms with Gasteiger partial charge < -0.3 is 4.74 Å². The van der Waals surface area contributed by atoms with Crippen molar-refractivity contribution in [3.63, 3.8) is 0 Å². The third-order valence-electron chi connectivity index (χ3n) is 6.77. The summed E-state index contributed by atoms with van der Waals surface area (Å²) in [6.45, 7) is 3.62. The topological polar surface area (TPSA) is 75.7 Å². The quantitative estimate of drug-likeness (QED) is 0.276. The summed E-state index contributed by atoms with van der Waals surface area (Å²) in [5.74, 6) is -0.829. The van der Waals surface area contributed by atoms with Gasteiger partial charge in [-0.05, 0) is 79.6 Å². The van der Waals surface area contributed by atoms with Crippen molar-refractivity contribution in [3.8, 4) is 11.5 Å². The Morgan fingerprint density at radius 1 is 0.850 bits per heavy atom. The molecule has 1 heterocycles. The number of hydrogen-bond donors (Lipinski definition) is 1. The molecule has 0 bridgehead atoms. The number of imide groups is 2. The standard InChI is InChI=1S/C31H23F3N2O4/c1-18-16-21(19(2)27(18)20-8-10-22(11-9-20)31(32,33)34)17-26-28(37)35-30(39)36(29(26)38)23-12-14-25(15-13-23)40-24-6-4-3-5-7-24/h3-17,27H,1-2H3,(H,35,37,39)/b26-17+. The van der Waals surface area contributed by atoms with Crippen molar-refractivity contribution in [2.45, 2.75) is 25.9 Å². The molecule has 0 radical (unpaired) electrons. The number of allylic oxidation sites excluding steroid dienone is 5. The summed E-state index contributed by atoms with van der Waals surface area (Å²) in [7, 11) is 0. The molecule has 202 valence electrons. The number of carbonyl (C=O) groups is 3. The largest absolute Gasteiger partial charge is 0.457 e. The van der Waals surface area contributed by atoms with E-state index in [4.69, 9.17) is 4.74 Å². The van der Waals surface area contributed by atoms with Gasteiger partial charge in [-0.25, -0.2) is 9.69 Å². The molecule has 3 aromatic rings. The van der Waals surface area contributed by atoms with Crippen LogP contribution in [0.3, 0.4) is 0 Å². The number of para-hydroxylation sites is 1. The van der Waals surface area contributed by atoms with Crippen molar-refractivity contribution in [1.82, 2.24) is 5.32 Å². The molecular formula is C31H23F3N2O4. The van der Waals surface area contributed by atoms with Crippen molar-refractivity contribution >= 4 is 23.5 Å². The van der Waals surface area contributed by atoms with Crippen LogP contribution in [0, 0.1) is 0 Å². The number of hydrogen-bond acceptors (Lipinski definition) is 4. The maximum absolute atomic E-state index is 13.4. The zero-order valence-corrected chi connectivity index (χ0v) is 21.5. The van der Waals surface area contributed by atoms with Gasteiger partial charge in [0.15, 0.2) is 0 Å². The van der Waals surface area contributed by atoms with Crippen LogP contribution >= 0.6 is 0 Å². The Morgan fingerprint density at radius 3 is 2.10 bits per heavy atom. The number of alkyl halides is 3. The summed E-state index contributed by atoms with van der Waals surface area (Å²) in [5.41, 5.74) is 2.09. The van der Waals surface area contributed by atoms with Crippen molar-refractivity contribution < 1.29 is 32.3 Å². The fourth-order valence-corrected chi connectivity index (χ4v) is 4.82. The van der Waals surface area contributed by atoms with Crippen LogP contribution < -0.4 is 15.0 Å². The monoisotopic (exact) mass is 544 g/mol. The Balaban J connectivity index is 1.41. The van der Waals surface area contributed by atoms with E-state index in [-0.39, 0.29) is 17.2 Å². The molecule has 5 rings (SSSR count). The Morgan fingerprint density at radius 2 is 1.48 bits per heavy atom. The van der Waals surface area contributed by atoms with E-state index in [1.54, 1.807) is 37.3 Å². The highest BCUT2D eigenvalue weighted by molar-refractivity contribution is 6.37. The fraction of sp³-hybridized carbons (Fsp3) is 0.129. The molecule has 1 unspecified atom stereocenters. The normalized spacial score (nSPS) is 18.8. The van der Waals surface area contributed by atoms with Gasteiger partial charge in [-0.15, -0.1) is 0 Å². The minimum Gasteiger partial charge on any atom is -0.457 e.